The quantitative estimate of drug-likeness (QED) is 0.940. The summed E-state index contributed by atoms with van der Waals surface area (Å²) in [5.74, 6) is 0.326. The fraction of sp³-hybridized carbons (Fsp3) is 0.353. The van der Waals surface area contributed by atoms with E-state index in [0.29, 0.717) is 25.1 Å². The molecule has 3 rings (SSSR count). The number of rotatable bonds is 3. The normalized spacial score (nSPS) is 17.7. The average Bonchev–Trinajstić information content (AvgIpc) is 3.02. The lowest BCUT2D eigenvalue weighted by atomic mass is 10.0. The van der Waals surface area contributed by atoms with E-state index in [2.05, 4.69) is 10.3 Å². The van der Waals surface area contributed by atoms with Gasteiger partial charge in [0.1, 0.15) is 0 Å². The van der Waals surface area contributed by atoms with Crippen LogP contribution in [0, 0.1) is 5.92 Å². The SMILES string of the molecule is CNC(=O)C[C@H]1CCN(C(=O)c2ccc3ncccc3c2)C1. The monoisotopic (exact) mass is 297 g/mol. The molecule has 0 spiro atoms. The third-order valence-corrected chi connectivity index (χ3v) is 4.18. The highest BCUT2D eigenvalue weighted by Crippen LogP contribution is 2.22. The summed E-state index contributed by atoms with van der Waals surface area (Å²) in [5.41, 5.74) is 1.57. The third kappa shape index (κ3) is 2.93. The molecule has 1 aliphatic heterocycles. The van der Waals surface area contributed by atoms with Crippen LogP contribution in [0.3, 0.4) is 0 Å². The maximum absolute atomic E-state index is 12.6. The lowest BCUT2D eigenvalue weighted by molar-refractivity contribution is -0.121. The highest BCUT2D eigenvalue weighted by molar-refractivity contribution is 5.98. The lowest BCUT2D eigenvalue weighted by Crippen LogP contribution is -2.29. The second kappa shape index (κ2) is 6.13. The Bertz CT molecular complexity index is 714. The highest BCUT2D eigenvalue weighted by atomic mass is 16.2. The minimum atomic E-state index is 0.0326. The number of fused-ring (bicyclic) bond motifs is 1. The molecule has 2 heterocycles. The van der Waals surface area contributed by atoms with Crippen LogP contribution in [0.2, 0.25) is 0 Å². The van der Waals surface area contributed by atoms with Gasteiger partial charge in [0.15, 0.2) is 0 Å². The van der Waals surface area contributed by atoms with Gasteiger partial charge in [0.05, 0.1) is 5.52 Å². The van der Waals surface area contributed by atoms with Crippen LogP contribution in [-0.4, -0.2) is 41.8 Å². The summed E-state index contributed by atoms with van der Waals surface area (Å²) < 4.78 is 0. The van der Waals surface area contributed by atoms with Crippen molar-refractivity contribution in [1.29, 1.82) is 0 Å². The third-order valence-electron chi connectivity index (χ3n) is 4.18. The molecule has 1 aromatic heterocycles. The Balaban J connectivity index is 1.72. The Morgan fingerprint density at radius 2 is 2.23 bits per heavy atom. The zero-order chi connectivity index (χ0) is 15.5. The van der Waals surface area contributed by atoms with Gasteiger partial charge in [-0.25, -0.2) is 0 Å². The molecule has 0 aliphatic carbocycles. The minimum Gasteiger partial charge on any atom is -0.359 e. The van der Waals surface area contributed by atoms with Gasteiger partial charge in [-0.3, -0.25) is 14.6 Å². The van der Waals surface area contributed by atoms with Gasteiger partial charge >= 0.3 is 0 Å². The molecule has 5 heteroatoms. The van der Waals surface area contributed by atoms with Crippen molar-refractivity contribution in [2.75, 3.05) is 20.1 Å². The average molecular weight is 297 g/mol. The van der Waals surface area contributed by atoms with E-state index in [4.69, 9.17) is 0 Å². The summed E-state index contributed by atoms with van der Waals surface area (Å²) in [7, 11) is 1.64. The van der Waals surface area contributed by atoms with E-state index < -0.39 is 0 Å². The topological polar surface area (TPSA) is 62.3 Å². The van der Waals surface area contributed by atoms with Gasteiger partial charge < -0.3 is 10.2 Å². The first kappa shape index (κ1) is 14.5. The van der Waals surface area contributed by atoms with Crippen LogP contribution in [0.4, 0.5) is 0 Å². The first-order valence-corrected chi connectivity index (χ1v) is 7.52. The van der Waals surface area contributed by atoms with Crippen LogP contribution in [0.25, 0.3) is 10.9 Å². The van der Waals surface area contributed by atoms with Gasteiger partial charge in [-0.1, -0.05) is 6.07 Å². The zero-order valence-electron chi connectivity index (χ0n) is 12.6. The molecular formula is C17H19N3O2. The van der Waals surface area contributed by atoms with Crippen molar-refractivity contribution < 1.29 is 9.59 Å². The number of amides is 2. The van der Waals surface area contributed by atoms with Crippen LogP contribution in [-0.2, 0) is 4.79 Å². The first-order valence-electron chi connectivity index (χ1n) is 7.52. The number of nitrogens with one attached hydrogen (secondary N) is 1. The fourth-order valence-corrected chi connectivity index (χ4v) is 2.94. The zero-order valence-corrected chi connectivity index (χ0v) is 12.6. The van der Waals surface area contributed by atoms with Crippen LogP contribution >= 0.6 is 0 Å². The number of hydrogen-bond donors (Lipinski definition) is 1. The van der Waals surface area contributed by atoms with Gasteiger partial charge in [-0.05, 0) is 36.6 Å². The van der Waals surface area contributed by atoms with Crippen molar-refractivity contribution in [1.82, 2.24) is 15.2 Å². The molecule has 0 unspecified atom stereocenters. The number of hydrogen-bond acceptors (Lipinski definition) is 3. The largest absolute Gasteiger partial charge is 0.359 e. The smallest absolute Gasteiger partial charge is 0.253 e. The molecule has 1 saturated heterocycles. The number of likely N-dealkylation sites (tertiary alicyclic amines) is 1. The summed E-state index contributed by atoms with van der Waals surface area (Å²) in [6.45, 7) is 1.36. The summed E-state index contributed by atoms with van der Waals surface area (Å²) in [6.07, 6.45) is 3.11. The summed E-state index contributed by atoms with van der Waals surface area (Å²) in [4.78, 5) is 30.1. The lowest BCUT2D eigenvalue weighted by Gasteiger charge is -2.16. The summed E-state index contributed by atoms with van der Waals surface area (Å²) >= 11 is 0. The molecule has 1 aliphatic rings. The molecule has 1 aromatic carbocycles. The minimum absolute atomic E-state index is 0.0326. The molecule has 0 bridgehead atoms. The maximum Gasteiger partial charge on any atom is 0.253 e. The Labute approximate surface area is 129 Å². The van der Waals surface area contributed by atoms with Crippen molar-refractivity contribution in [3.8, 4) is 0 Å². The molecule has 1 N–H and O–H groups in total. The first-order chi connectivity index (χ1) is 10.7. The van der Waals surface area contributed by atoms with Gasteiger partial charge in [-0.2, -0.15) is 0 Å². The fourth-order valence-electron chi connectivity index (χ4n) is 2.94. The number of aromatic nitrogens is 1. The van der Waals surface area contributed by atoms with Gasteiger partial charge in [0.25, 0.3) is 5.91 Å². The standard InChI is InChI=1S/C17H19N3O2/c1-18-16(21)9-12-6-8-20(11-12)17(22)14-4-5-15-13(10-14)3-2-7-19-15/h2-5,7,10,12H,6,8-9,11H2,1H3,(H,18,21)/t12-/m1/s1. The van der Waals surface area contributed by atoms with Crippen molar-refractivity contribution in [2.24, 2.45) is 5.92 Å². The molecule has 1 atom stereocenters. The summed E-state index contributed by atoms with van der Waals surface area (Å²) in [6, 6.07) is 9.41. The van der Waals surface area contributed by atoms with Crippen LogP contribution in [0.15, 0.2) is 36.5 Å². The van der Waals surface area contributed by atoms with Crippen LogP contribution in [0.5, 0.6) is 0 Å². The molecule has 5 nitrogen and oxygen atoms in total. The molecular weight excluding hydrogens is 278 g/mol. The van der Waals surface area contributed by atoms with E-state index in [1.54, 1.807) is 13.2 Å². The van der Waals surface area contributed by atoms with Gasteiger partial charge in [0, 0.05) is 43.7 Å². The van der Waals surface area contributed by atoms with E-state index >= 15 is 0 Å². The Morgan fingerprint density at radius 3 is 3.05 bits per heavy atom. The second-order valence-corrected chi connectivity index (χ2v) is 5.69. The Kier molecular flexibility index (Phi) is 4.04. The summed E-state index contributed by atoms with van der Waals surface area (Å²) in [5, 5.41) is 3.61. The van der Waals surface area contributed by atoms with Crippen molar-refractivity contribution in [2.45, 2.75) is 12.8 Å². The van der Waals surface area contributed by atoms with Crippen molar-refractivity contribution in [3.63, 3.8) is 0 Å². The van der Waals surface area contributed by atoms with E-state index in [9.17, 15) is 9.59 Å². The van der Waals surface area contributed by atoms with Crippen molar-refractivity contribution in [3.05, 3.63) is 42.1 Å². The number of benzene rings is 1. The number of pyridine rings is 1. The molecule has 114 valence electrons. The molecule has 0 saturated carbocycles. The van der Waals surface area contributed by atoms with Gasteiger partial charge in [-0.15, -0.1) is 0 Å². The van der Waals surface area contributed by atoms with Gasteiger partial charge in [0.2, 0.25) is 5.91 Å². The van der Waals surface area contributed by atoms with E-state index in [0.717, 1.165) is 17.3 Å². The molecule has 22 heavy (non-hydrogen) atoms. The highest BCUT2D eigenvalue weighted by Gasteiger charge is 2.28. The second-order valence-electron chi connectivity index (χ2n) is 5.69. The maximum atomic E-state index is 12.6. The van der Waals surface area contributed by atoms with E-state index in [1.165, 1.54) is 0 Å². The Hall–Kier alpha value is -2.43. The molecule has 0 radical (unpaired) electrons. The predicted octanol–water partition coefficient (Wildman–Crippen LogP) is 1.83. The predicted molar refractivity (Wildman–Crippen MR) is 84.4 cm³/mol. The van der Waals surface area contributed by atoms with E-state index in [-0.39, 0.29) is 17.7 Å². The molecule has 2 amide bonds. The van der Waals surface area contributed by atoms with Crippen LogP contribution < -0.4 is 5.32 Å². The van der Waals surface area contributed by atoms with E-state index in [1.807, 2.05) is 35.2 Å². The molecule has 2 aromatic rings. The van der Waals surface area contributed by atoms with Crippen molar-refractivity contribution >= 4 is 22.7 Å². The Morgan fingerprint density at radius 1 is 1.36 bits per heavy atom. The number of carbonyl (C=O) groups is 2. The number of nitrogens with zero attached hydrogens (tertiary/aromatic N) is 2. The molecule has 1 fully saturated rings. The van der Waals surface area contributed by atoms with Crippen LogP contribution in [0.1, 0.15) is 23.2 Å². The number of carbonyl (C=O) groups excluding carboxylic acids is 2.